The van der Waals surface area contributed by atoms with Gasteiger partial charge in [-0.3, -0.25) is 4.79 Å². The van der Waals surface area contributed by atoms with Crippen LogP contribution in [0.15, 0.2) is 78.0 Å². The Kier molecular flexibility index (Phi) is 8.43. The van der Waals surface area contributed by atoms with Crippen molar-refractivity contribution in [1.82, 2.24) is 0 Å². The van der Waals surface area contributed by atoms with Gasteiger partial charge in [-0.2, -0.15) is 0 Å². The summed E-state index contributed by atoms with van der Waals surface area (Å²) in [5, 5.41) is 12.9. The van der Waals surface area contributed by atoms with Crippen molar-refractivity contribution in [3.63, 3.8) is 0 Å². The summed E-state index contributed by atoms with van der Waals surface area (Å²) < 4.78 is 11.7. The molecule has 3 aromatic rings. The standard InChI is InChI=1S/C26H28N2O5/c1-18-4-3-5-21(14-18)25(28-31-2)17-33-22-10-6-19(7-11-22)16-32-23-12-8-20(9-13-23)24(27)15-26(29)30/h3-14,24H,15-17,27H2,1-2H3,(H,29,30)/b28-25-. The first-order valence-corrected chi connectivity index (χ1v) is 10.5. The Balaban J connectivity index is 1.53. The molecule has 1 atom stereocenters. The number of aryl methyl sites for hydroxylation is 1. The molecule has 3 rings (SSSR count). The van der Waals surface area contributed by atoms with E-state index in [9.17, 15) is 4.79 Å². The van der Waals surface area contributed by atoms with E-state index in [1.807, 2.05) is 55.5 Å². The second-order valence-electron chi connectivity index (χ2n) is 7.58. The van der Waals surface area contributed by atoms with Gasteiger partial charge in [0.05, 0.1) is 6.42 Å². The highest BCUT2D eigenvalue weighted by Gasteiger charge is 2.11. The first kappa shape index (κ1) is 23.8. The van der Waals surface area contributed by atoms with Crippen molar-refractivity contribution < 1.29 is 24.2 Å². The zero-order valence-electron chi connectivity index (χ0n) is 18.7. The van der Waals surface area contributed by atoms with Crippen LogP contribution in [0.4, 0.5) is 0 Å². The van der Waals surface area contributed by atoms with Crippen LogP contribution in [0.1, 0.15) is 34.7 Å². The molecule has 7 nitrogen and oxygen atoms in total. The van der Waals surface area contributed by atoms with Crippen LogP contribution >= 0.6 is 0 Å². The lowest BCUT2D eigenvalue weighted by molar-refractivity contribution is -0.137. The van der Waals surface area contributed by atoms with Crippen LogP contribution in [-0.4, -0.2) is 30.5 Å². The highest BCUT2D eigenvalue weighted by atomic mass is 16.6. The lowest BCUT2D eigenvalue weighted by atomic mass is 10.0. The summed E-state index contributed by atoms with van der Waals surface area (Å²) >= 11 is 0. The molecular weight excluding hydrogens is 420 g/mol. The molecular formula is C26H28N2O5. The van der Waals surface area contributed by atoms with E-state index in [1.54, 1.807) is 24.3 Å². The summed E-state index contributed by atoms with van der Waals surface area (Å²) in [6.07, 6.45) is -0.113. The number of ether oxygens (including phenoxy) is 2. The molecule has 0 aliphatic rings. The predicted octanol–water partition coefficient (Wildman–Crippen LogP) is 4.48. The maximum absolute atomic E-state index is 10.8. The third-order valence-electron chi connectivity index (χ3n) is 4.96. The molecule has 0 heterocycles. The maximum atomic E-state index is 10.8. The number of nitrogens with two attached hydrogens (primary N) is 1. The van der Waals surface area contributed by atoms with Gasteiger partial charge in [-0.05, 0) is 48.4 Å². The normalized spacial score (nSPS) is 12.2. The SMILES string of the molecule is CO/N=C(/COc1ccc(COc2ccc(C(N)CC(=O)O)cc2)cc1)c1cccc(C)c1. The third kappa shape index (κ3) is 7.36. The fourth-order valence-corrected chi connectivity index (χ4v) is 3.21. The number of rotatable bonds is 11. The Morgan fingerprint density at radius 2 is 1.67 bits per heavy atom. The molecule has 0 spiro atoms. The molecule has 0 radical (unpaired) electrons. The number of carboxylic acid groups (broad SMARTS) is 1. The van der Waals surface area contributed by atoms with E-state index < -0.39 is 12.0 Å². The lowest BCUT2D eigenvalue weighted by Crippen LogP contribution is -2.14. The summed E-state index contributed by atoms with van der Waals surface area (Å²) in [5.74, 6) is 0.472. The summed E-state index contributed by atoms with van der Waals surface area (Å²) in [5.41, 5.74) is 10.4. The molecule has 0 fully saturated rings. The van der Waals surface area contributed by atoms with Crippen molar-refractivity contribution in [2.75, 3.05) is 13.7 Å². The first-order valence-electron chi connectivity index (χ1n) is 10.5. The van der Waals surface area contributed by atoms with E-state index >= 15 is 0 Å². The molecule has 33 heavy (non-hydrogen) atoms. The molecule has 7 heteroatoms. The van der Waals surface area contributed by atoms with Gasteiger partial charge >= 0.3 is 5.97 Å². The third-order valence-corrected chi connectivity index (χ3v) is 4.96. The number of carbonyl (C=O) groups is 1. The summed E-state index contributed by atoms with van der Waals surface area (Å²) in [6.45, 7) is 2.70. The summed E-state index contributed by atoms with van der Waals surface area (Å²) in [6, 6.07) is 22.3. The zero-order chi connectivity index (χ0) is 23.6. The number of hydrogen-bond donors (Lipinski definition) is 2. The van der Waals surface area contributed by atoms with E-state index in [1.165, 1.54) is 7.11 Å². The largest absolute Gasteiger partial charge is 0.489 e. The van der Waals surface area contributed by atoms with Crippen LogP contribution < -0.4 is 15.2 Å². The first-order chi connectivity index (χ1) is 15.9. The van der Waals surface area contributed by atoms with Gasteiger partial charge in [-0.15, -0.1) is 0 Å². The van der Waals surface area contributed by atoms with Gasteiger partial charge in [0.25, 0.3) is 0 Å². The molecule has 0 bridgehead atoms. The van der Waals surface area contributed by atoms with E-state index in [2.05, 4.69) is 5.16 Å². The van der Waals surface area contributed by atoms with Gasteiger partial charge in [-0.1, -0.05) is 53.2 Å². The van der Waals surface area contributed by atoms with E-state index in [-0.39, 0.29) is 13.0 Å². The molecule has 3 N–H and O–H groups in total. The van der Waals surface area contributed by atoms with E-state index in [0.29, 0.717) is 23.8 Å². The van der Waals surface area contributed by atoms with E-state index in [0.717, 1.165) is 22.3 Å². The number of carboxylic acids is 1. The second-order valence-corrected chi connectivity index (χ2v) is 7.58. The van der Waals surface area contributed by atoms with Crippen molar-refractivity contribution in [2.45, 2.75) is 26.0 Å². The topological polar surface area (TPSA) is 103 Å². The minimum absolute atomic E-state index is 0.113. The number of benzene rings is 3. The quantitative estimate of drug-likeness (QED) is 0.331. The summed E-state index contributed by atoms with van der Waals surface area (Å²) in [7, 11) is 1.52. The highest BCUT2D eigenvalue weighted by Crippen LogP contribution is 2.20. The second kappa shape index (κ2) is 11.7. The van der Waals surface area contributed by atoms with E-state index in [4.69, 9.17) is 25.2 Å². The number of aliphatic carboxylic acids is 1. The molecule has 0 aromatic heterocycles. The Hall–Kier alpha value is -3.84. The van der Waals surface area contributed by atoms with Crippen LogP contribution in [-0.2, 0) is 16.2 Å². The predicted molar refractivity (Wildman–Crippen MR) is 127 cm³/mol. The lowest BCUT2D eigenvalue weighted by Gasteiger charge is -2.12. The highest BCUT2D eigenvalue weighted by molar-refractivity contribution is 6.01. The van der Waals surface area contributed by atoms with Crippen LogP contribution in [0.3, 0.4) is 0 Å². The molecule has 0 saturated carbocycles. The van der Waals surface area contributed by atoms with Gasteiger partial charge in [0.1, 0.15) is 37.5 Å². The zero-order valence-corrected chi connectivity index (χ0v) is 18.7. The molecule has 0 amide bonds. The molecule has 3 aromatic carbocycles. The van der Waals surface area contributed by atoms with Crippen molar-refractivity contribution in [3.05, 3.63) is 95.1 Å². The molecule has 0 aliphatic carbocycles. The minimum Gasteiger partial charge on any atom is -0.489 e. The van der Waals surface area contributed by atoms with Crippen molar-refractivity contribution in [2.24, 2.45) is 10.9 Å². The Labute approximate surface area is 193 Å². The Morgan fingerprint density at radius 3 is 2.30 bits per heavy atom. The van der Waals surface area contributed by atoms with Crippen molar-refractivity contribution >= 4 is 11.7 Å². The van der Waals surface area contributed by atoms with Gasteiger partial charge in [0.15, 0.2) is 0 Å². The smallest absolute Gasteiger partial charge is 0.305 e. The van der Waals surface area contributed by atoms with Crippen LogP contribution in [0, 0.1) is 6.92 Å². The van der Waals surface area contributed by atoms with Crippen LogP contribution in [0.25, 0.3) is 0 Å². The maximum Gasteiger partial charge on any atom is 0.305 e. The number of oxime groups is 1. The van der Waals surface area contributed by atoms with Gasteiger partial charge < -0.3 is 25.2 Å². The monoisotopic (exact) mass is 448 g/mol. The van der Waals surface area contributed by atoms with Crippen LogP contribution in [0.5, 0.6) is 11.5 Å². The van der Waals surface area contributed by atoms with Gasteiger partial charge in [0, 0.05) is 11.6 Å². The minimum atomic E-state index is -0.923. The van der Waals surface area contributed by atoms with Crippen molar-refractivity contribution in [1.29, 1.82) is 0 Å². The van der Waals surface area contributed by atoms with Gasteiger partial charge in [0.2, 0.25) is 0 Å². The number of hydrogen-bond acceptors (Lipinski definition) is 6. The molecule has 172 valence electrons. The molecule has 0 aliphatic heterocycles. The van der Waals surface area contributed by atoms with Gasteiger partial charge in [-0.25, -0.2) is 0 Å². The average molecular weight is 449 g/mol. The molecule has 0 saturated heterocycles. The number of nitrogens with zero attached hydrogens (tertiary/aromatic N) is 1. The summed E-state index contributed by atoms with van der Waals surface area (Å²) in [4.78, 5) is 15.8. The Bertz CT molecular complexity index is 1080. The molecule has 1 unspecified atom stereocenters. The van der Waals surface area contributed by atoms with Crippen LogP contribution in [0.2, 0.25) is 0 Å². The Morgan fingerprint density at radius 1 is 1.00 bits per heavy atom. The fourth-order valence-electron chi connectivity index (χ4n) is 3.21. The van der Waals surface area contributed by atoms with Crippen molar-refractivity contribution in [3.8, 4) is 11.5 Å². The average Bonchev–Trinajstić information content (AvgIpc) is 2.81. The fraction of sp³-hybridized carbons (Fsp3) is 0.231.